The fourth-order valence-corrected chi connectivity index (χ4v) is 3.09. The maximum atomic E-state index is 6.49. The molecule has 1 aliphatic carbocycles. The summed E-state index contributed by atoms with van der Waals surface area (Å²) in [6, 6.07) is 9.14. The van der Waals surface area contributed by atoms with Gasteiger partial charge in [-0.2, -0.15) is 0 Å². The first-order valence-corrected chi connectivity index (χ1v) is 7.19. The monoisotopic (exact) mass is 245 g/mol. The SMILES string of the molecule is CC(C)(C)c1ccc(C(N)C2(C)CCCC2)cc1. The highest BCUT2D eigenvalue weighted by molar-refractivity contribution is 5.30. The van der Waals surface area contributed by atoms with Crippen LogP contribution in [0.2, 0.25) is 0 Å². The van der Waals surface area contributed by atoms with Crippen molar-refractivity contribution in [2.75, 3.05) is 0 Å². The van der Waals surface area contributed by atoms with Crippen LogP contribution in [0.3, 0.4) is 0 Å². The van der Waals surface area contributed by atoms with Gasteiger partial charge in [0.15, 0.2) is 0 Å². The predicted molar refractivity (Wildman–Crippen MR) is 78.6 cm³/mol. The molecule has 1 unspecified atom stereocenters. The van der Waals surface area contributed by atoms with E-state index in [1.165, 1.54) is 36.8 Å². The zero-order chi connectivity index (χ0) is 13.4. The first-order chi connectivity index (χ1) is 8.33. The van der Waals surface area contributed by atoms with Crippen LogP contribution in [0.15, 0.2) is 24.3 Å². The molecule has 18 heavy (non-hydrogen) atoms. The van der Waals surface area contributed by atoms with Crippen molar-refractivity contribution in [3.63, 3.8) is 0 Å². The van der Waals surface area contributed by atoms with E-state index >= 15 is 0 Å². The summed E-state index contributed by atoms with van der Waals surface area (Å²) in [5, 5.41) is 0. The molecular weight excluding hydrogens is 218 g/mol. The molecule has 0 amide bonds. The molecule has 0 spiro atoms. The second-order valence-corrected chi connectivity index (χ2v) is 7.21. The summed E-state index contributed by atoms with van der Waals surface area (Å²) in [6.45, 7) is 9.10. The van der Waals surface area contributed by atoms with E-state index < -0.39 is 0 Å². The Bertz CT molecular complexity index is 391. The van der Waals surface area contributed by atoms with Crippen molar-refractivity contribution in [3.05, 3.63) is 35.4 Å². The zero-order valence-corrected chi connectivity index (χ0v) is 12.3. The Balaban J connectivity index is 2.19. The van der Waals surface area contributed by atoms with Crippen LogP contribution in [-0.2, 0) is 5.41 Å². The summed E-state index contributed by atoms with van der Waals surface area (Å²) in [5.74, 6) is 0. The highest BCUT2D eigenvalue weighted by atomic mass is 14.7. The minimum Gasteiger partial charge on any atom is -0.323 e. The van der Waals surface area contributed by atoms with Crippen molar-refractivity contribution >= 4 is 0 Å². The number of benzene rings is 1. The molecule has 100 valence electrons. The van der Waals surface area contributed by atoms with E-state index in [0.717, 1.165) is 0 Å². The molecule has 0 radical (unpaired) electrons. The van der Waals surface area contributed by atoms with Crippen molar-refractivity contribution in [1.82, 2.24) is 0 Å². The van der Waals surface area contributed by atoms with Gasteiger partial charge in [-0.3, -0.25) is 0 Å². The summed E-state index contributed by atoms with van der Waals surface area (Å²) < 4.78 is 0. The van der Waals surface area contributed by atoms with Gasteiger partial charge in [0, 0.05) is 6.04 Å². The molecular formula is C17H27N. The third kappa shape index (κ3) is 2.61. The molecule has 1 nitrogen and oxygen atoms in total. The summed E-state index contributed by atoms with van der Waals surface area (Å²) in [6.07, 6.45) is 5.22. The Kier molecular flexibility index (Phi) is 3.55. The van der Waals surface area contributed by atoms with Crippen molar-refractivity contribution in [2.24, 2.45) is 11.1 Å². The van der Waals surface area contributed by atoms with Gasteiger partial charge >= 0.3 is 0 Å². The second-order valence-electron chi connectivity index (χ2n) is 7.21. The summed E-state index contributed by atoms with van der Waals surface area (Å²) in [7, 11) is 0. The molecule has 1 aromatic carbocycles. The van der Waals surface area contributed by atoms with Gasteiger partial charge in [-0.25, -0.2) is 0 Å². The van der Waals surface area contributed by atoms with Crippen LogP contribution in [0, 0.1) is 5.41 Å². The summed E-state index contributed by atoms with van der Waals surface area (Å²) in [4.78, 5) is 0. The Hall–Kier alpha value is -0.820. The van der Waals surface area contributed by atoms with E-state index in [2.05, 4.69) is 52.0 Å². The van der Waals surface area contributed by atoms with Crippen LogP contribution < -0.4 is 5.73 Å². The minimum atomic E-state index is 0.189. The van der Waals surface area contributed by atoms with Crippen molar-refractivity contribution in [2.45, 2.75) is 64.8 Å². The molecule has 0 saturated heterocycles. The lowest BCUT2D eigenvalue weighted by atomic mass is 9.77. The maximum Gasteiger partial charge on any atom is 0.0349 e. The maximum absolute atomic E-state index is 6.49. The average Bonchev–Trinajstić information content (AvgIpc) is 2.75. The zero-order valence-electron chi connectivity index (χ0n) is 12.3. The Morgan fingerprint density at radius 3 is 2.00 bits per heavy atom. The number of nitrogens with two attached hydrogens (primary N) is 1. The van der Waals surface area contributed by atoms with E-state index in [9.17, 15) is 0 Å². The normalized spacial score (nSPS) is 20.9. The minimum absolute atomic E-state index is 0.189. The van der Waals surface area contributed by atoms with Crippen LogP contribution >= 0.6 is 0 Å². The number of hydrogen-bond donors (Lipinski definition) is 1. The molecule has 0 bridgehead atoms. The smallest absolute Gasteiger partial charge is 0.0349 e. The lowest BCUT2D eigenvalue weighted by molar-refractivity contribution is 0.265. The molecule has 0 aliphatic heterocycles. The fourth-order valence-electron chi connectivity index (χ4n) is 3.09. The highest BCUT2D eigenvalue weighted by Gasteiger charge is 2.35. The molecule has 1 atom stereocenters. The van der Waals surface area contributed by atoms with Gasteiger partial charge in [0.2, 0.25) is 0 Å². The molecule has 1 saturated carbocycles. The van der Waals surface area contributed by atoms with E-state index in [1.807, 2.05) is 0 Å². The molecule has 1 aliphatic rings. The first-order valence-electron chi connectivity index (χ1n) is 7.19. The first kappa shape index (κ1) is 13.6. The van der Waals surface area contributed by atoms with Gasteiger partial charge < -0.3 is 5.73 Å². The standard InChI is InChI=1S/C17H27N/c1-16(2,3)14-9-7-13(8-10-14)15(18)17(4)11-5-6-12-17/h7-10,15H,5-6,11-12,18H2,1-4H3. The molecule has 2 N–H and O–H groups in total. The van der Waals surface area contributed by atoms with E-state index in [0.29, 0.717) is 5.41 Å². The average molecular weight is 245 g/mol. The molecule has 1 heteroatoms. The quantitative estimate of drug-likeness (QED) is 0.812. The number of rotatable bonds is 2. The fraction of sp³-hybridized carbons (Fsp3) is 0.647. The van der Waals surface area contributed by atoms with Gasteiger partial charge in [0.25, 0.3) is 0 Å². The Labute approximate surface area is 112 Å². The molecule has 0 aromatic heterocycles. The molecule has 1 fully saturated rings. The van der Waals surface area contributed by atoms with Gasteiger partial charge in [-0.05, 0) is 34.8 Å². The van der Waals surface area contributed by atoms with Crippen LogP contribution in [0.4, 0.5) is 0 Å². The van der Waals surface area contributed by atoms with Gasteiger partial charge in [-0.15, -0.1) is 0 Å². The third-order valence-corrected chi connectivity index (χ3v) is 4.63. The lowest BCUT2D eigenvalue weighted by Gasteiger charge is -2.32. The van der Waals surface area contributed by atoms with Crippen molar-refractivity contribution in [1.29, 1.82) is 0 Å². The van der Waals surface area contributed by atoms with Gasteiger partial charge in [0.05, 0.1) is 0 Å². The molecule has 2 rings (SSSR count). The van der Waals surface area contributed by atoms with Gasteiger partial charge in [-0.1, -0.05) is 64.8 Å². The van der Waals surface area contributed by atoms with E-state index in [1.54, 1.807) is 0 Å². The highest BCUT2D eigenvalue weighted by Crippen LogP contribution is 2.46. The third-order valence-electron chi connectivity index (χ3n) is 4.63. The van der Waals surface area contributed by atoms with Crippen molar-refractivity contribution in [3.8, 4) is 0 Å². The molecule has 1 aromatic rings. The Morgan fingerprint density at radius 2 is 1.56 bits per heavy atom. The molecule has 0 heterocycles. The van der Waals surface area contributed by atoms with Crippen LogP contribution in [0.1, 0.15) is 70.5 Å². The van der Waals surface area contributed by atoms with E-state index in [-0.39, 0.29) is 11.5 Å². The second kappa shape index (κ2) is 4.70. The predicted octanol–water partition coefficient (Wildman–Crippen LogP) is 4.56. The van der Waals surface area contributed by atoms with Crippen LogP contribution in [0.25, 0.3) is 0 Å². The van der Waals surface area contributed by atoms with Crippen LogP contribution in [-0.4, -0.2) is 0 Å². The summed E-state index contributed by atoms with van der Waals surface area (Å²) in [5.41, 5.74) is 9.71. The van der Waals surface area contributed by atoms with E-state index in [4.69, 9.17) is 5.73 Å². The topological polar surface area (TPSA) is 26.0 Å². The lowest BCUT2D eigenvalue weighted by Crippen LogP contribution is -2.29. The van der Waals surface area contributed by atoms with Gasteiger partial charge in [0.1, 0.15) is 0 Å². The number of hydrogen-bond acceptors (Lipinski definition) is 1. The Morgan fingerprint density at radius 1 is 1.06 bits per heavy atom. The van der Waals surface area contributed by atoms with Crippen LogP contribution in [0.5, 0.6) is 0 Å². The largest absolute Gasteiger partial charge is 0.323 e. The summed E-state index contributed by atoms with van der Waals surface area (Å²) >= 11 is 0. The van der Waals surface area contributed by atoms with Crippen molar-refractivity contribution < 1.29 is 0 Å².